The Kier molecular flexibility index (Phi) is 7.18. The number of hydrogen-bond donors (Lipinski definition) is 1. The predicted octanol–water partition coefficient (Wildman–Crippen LogP) is 3.56. The summed E-state index contributed by atoms with van der Waals surface area (Å²) in [5, 5.41) is 2.98. The first-order valence-electron chi connectivity index (χ1n) is 9.23. The summed E-state index contributed by atoms with van der Waals surface area (Å²) in [6.07, 6.45) is 0. The van der Waals surface area contributed by atoms with Crippen LogP contribution in [0.5, 0.6) is 11.5 Å². The van der Waals surface area contributed by atoms with Crippen LogP contribution in [0, 0.1) is 0 Å². The smallest absolute Gasteiger partial charge is 0.241 e. The lowest BCUT2D eigenvalue weighted by atomic mass is 10.2. The number of nitrogens with zero attached hydrogens (tertiary/aromatic N) is 2. The van der Waals surface area contributed by atoms with E-state index in [0.29, 0.717) is 17.2 Å². The lowest BCUT2D eigenvalue weighted by Gasteiger charge is -2.37. The molecule has 0 radical (unpaired) electrons. The molecule has 28 heavy (non-hydrogen) atoms. The van der Waals surface area contributed by atoms with E-state index in [0.717, 1.165) is 37.1 Å². The van der Waals surface area contributed by atoms with Crippen molar-refractivity contribution in [3.63, 3.8) is 0 Å². The van der Waals surface area contributed by atoms with Gasteiger partial charge in [-0.15, -0.1) is 11.3 Å². The van der Waals surface area contributed by atoms with Crippen molar-refractivity contribution < 1.29 is 14.3 Å². The quantitative estimate of drug-likeness (QED) is 0.737. The van der Waals surface area contributed by atoms with Crippen LogP contribution in [0.3, 0.4) is 0 Å². The number of hydrogen-bond acceptors (Lipinski definition) is 6. The van der Waals surface area contributed by atoms with E-state index < -0.39 is 0 Å². The number of carbonyl (C=O) groups excluding carboxylic acids is 1. The molecule has 1 aliphatic rings. The van der Waals surface area contributed by atoms with Crippen LogP contribution >= 0.6 is 22.9 Å². The van der Waals surface area contributed by atoms with Crippen molar-refractivity contribution in [2.45, 2.75) is 19.5 Å². The number of rotatable bonds is 7. The molecule has 1 saturated heterocycles. The number of ether oxygens (including phenoxy) is 2. The van der Waals surface area contributed by atoms with Crippen LogP contribution in [0.15, 0.2) is 30.3 Å². The zero-order valence-electron chi connectivity index (χ0n) is 16.4. The van der Waals surface area contributed by atoms with E-state index in [1.54, 1.807) is 43.8 Å². The topological polar surface area (TPSA) is 54.0 Å². The van der Waals surface area contributed by atoms with E-state index in [2.05, 4.69) is 21.2 Å². The van der Waals surface area contributed by atoms with Gasteiger partial charge in [-0.1, -0.05) is 11.6 Å². The molecule has 8 heteroatoms. The van der Waals surface area contributed by atoms with E-state index in [9.17, 15) is 4.79 Å². The maximum atomic E-state index is 12.7. The van der Waals surface area contributed by atoms with Crippen LogP contribution in [-0.2, 0) is 11.3 Å². The molecular weight excluding hydrogens is 398 g/mol. The highest BCUT2D eigenvalue weighted by Gasteiger charge is 2.26. The van der Waals surface area contributed by atoms with Gasteiger partial charge in [0.05, 0.1) is 24.6 Å². The Labute approximate surface area is 175 Å². The van der Waals surface area contributed by atoms with E-state index in [4.69, 9.17) is 21.1 Å². The zero-order valence-corrected chi connectivity index (χ0v) is 18.0. The number of amides is 1. The molecule has 0 aliphatic carbocycles. The van der Waals surface area contributed by atoms with Gasteiger partial charge >= 0.3 is 0 Å². The fourth-order valence-corrected chi connectivity index (χ4v) is 4.39. The average molecular weight is 424 g/mol. The zero-order chi connectivity index (χ0) is 20.1. The summed E-state index contributed by atoms with van der Waals surface area (Å²) >= 11 is 7.64. The van der Waals surface area contributed by atoms with Gasteiger partial charge in [-0.3, -0.25) is 14.6 Å². The molecule has 1 aliphatic heterocycles. The van der Waals surface area contributed by atoms with Crippen molar-refractivity contribution in [2.24, 2.45) is 0 Å². The van der Waals surface area contributed by atoms with Crippen LogP contribution in [0.25, 0.3) is 0 Å². The Morgan fingerprint density at radius 2 is 1.79 bits per heavy atom. The number of anilines is 1. The fraction of sp³-hybridized carbons (Fsp3) is 0.450. The fourth-order valence-electron chi connectivity index (χ4n) is 3.26. The number of methoxy groups -OCH3 is 2. The number of piperazine rings is 1. The summed E-state index contributed by atoms with van der Waals surface area (Å²) in [6.45, 7) is 6.43. The minimum Gasteiger partial charge on any atom is -0.497 e. The van der Waals surface area contributed by atoms with Crippen LogP contribution in [-0.4, -0.2) is 62.1 Å². The number of thiophene rings is 1. The van der Waals surface area contributed by atoms with Crippen LogP contribution < -0.4 is 14.8 Å². The molecule has 1 N–H and O–H groups in total. The highest BCUT2D eigenvalue weighted by atomic mass is 35.5. The first-order valence-corrected chi connectivity index (χ1v) is 10.4. The van der Waals surface area contributed by atoms with Gasteiger partial charge in [-0.05, 0) is 19.1 Å². The number of halogens is 1. The summed E-state index contributed by atoms with van der Waals surface area (Å²) in [7, 11) is 3.18. The average Bonchev–Trinajstić information content (AvgIpc) is 3.12. The minimum atomic E-state index is -0.212. The monoisotopic (exact) mass is 423 g/mol. The SMILES string of the molecule is COc1cc(NC(=O)[C@H](C)N2CCN(Cc3ccc(Cl)s3)CC2)cc(OC)c1. The lowest BCUT2D eigenvalue weighted by molar-refractivity contribution is -0.121. The van der Waals surface area contributed by atoms with Gasteiger partial charge in [0, 0.05) is 61.5 Å². The number of carbonyl (C=O) groups is 1. The first kappa shape index (κ1) is 20.9. The molecule has 0 unspecified atom stereocenters. The van der Waals surface area contributed by atoms with Crippen LogP contribution in [0.1, 0.15) is 11.8 Å². The standard InChI is InChI=1S/C20H26ClN3O3S/c1-14(20(25)22-15-10-16(26-2)12-17(11-15)27-3)24-8-6-23(7-9-24)13-18-4-5-19(21)28-18/h4-5,10-12,14H,6-9,13H2,1-3H3,(H,22,25)/t14-/m0/s1. The summed E-state index contributed by atoms with van der Waals surface area (Å²) in [5.74, 6) is 1.25. The van der Waals surface area contributed by atoms with Gasteiger partial charge in [-0.25, -0.2) is 0 Å². The van der Waals surface area contributed by atoms with Crippen molar-refractivity contribution in [3.05, 3.63) is 39.5 Å². The molecule has 152 valence electrons. The molecule has 6 nitrogen and oxygen atoms in total. The molecule has 1 aromatic heterocycles. The van der Waals surface area contributed by atoms with E-state index in [-0.39, 0.29) is 11.9 Å². The first-order chi connectivity index (χ1) is 13.5. The van der Waals surface area contributed by atoms with Gasteiger partial charge in [0.15, 0.2) is 0 Å². The third kappa shape index (κ3) is 5.38. The van der Waals surface area contributed by atoms with Crippen molar-refractivity contribution in [2.75, 3.05) is 45.7 Å². The van der Waals surface area contributed by atoms with Crippen molar-refractivity contribution in [1.29, 1.82) is 0 Å². The molecule has 3 rings (SSSR count). The van der Waals surface area contributed by atoms with Crippen molar-refractivity contribution in [3.8, 4) is 11.5 Å². The molecule has 1 aromatic carbocycles. The summed E-state index contributed by atoms with van der Waals surface area (Å²) in [5.41, 5.74) is 0.668. The number of benzene rings is 1. The molecule has 1 atom stereocenters. The molecular formula is C20H26ClN3O3S. The molecule has 1 fully saturated rings. The molecule has 0 bridgehead atoms. The van der Waals surface area contributed by atoms with Crippen LogP contribution in [0.2, 0.25) is 4.34 Å². The largest absolute Gasteiger partial charge is 0.497 e. The molecule has 2 heterocycles. The predicted molar refractivity (Wildman–Crippen MR) is 114 cm³/mol. The minimum absolute atomic E-state index is 0.0335. The van der Waals surface area contributed by atoms with Gasteiger partial charge in [0.2, 0.25) is 5.91 Å². The van der Waals surface area contributed by atoms with Gasteiger partial charge in [0.25, 0.3) is 0 Å². The van der Waals surface area contributed by atoms with Gasteiger partial charge in [-0.2, -0.15) is 0 Å². The van der Waals surface area contributed by atoms with Crippen molar-refractivity contribution in [1.82, 2.24) is 9.80 Å². The van der Waals surface area contributed by atoms with Gasteiger partial charge in [0.1, 0.15) is 11.5 Å². The van der Waals surface area contributed by atoms with Crippen LogP contribution in [0.4, 0.5) is 5.69 Å². The Hall–Kier alpha value is -1.80. The summed E-state index contributed by atoms with van der Waals surface area (Å²) < 4.78 is 11.4. The second-order valence-electron chi connectivity index (χ2n) is 6.78. The van der Waals surface area contributed by atoms with E-state index in [1.807, 2.05) is 13.0 Å². The highest BCUT2D eigenvalue weighted by Crippen LogP contribution is 2.26. The highest BCUT2D eigenvalue weighted by molar-refractivity contribution is 7.16. The number of nitrogens with one attached hydrogen (secondary N) is 1. The molecule has 0 spiro atoms. The van der Waals surface area contributed by atoms with E-state index >= 15 is 0 Å². The third-order valence-electron chi connectivity index (χ3n) is 4.96. The van der Waals surface area contributed by atoms with E-state index in [1.165, 1.54) is 4.88 Å². The lowest BCUT2D eigenvalue weighted by Crippen LogP contribution is -2.52. The maximum Gasteiger partial charge on any atom is 0.241 e. The Balaban J connectivity index is 1.53. The summed E-state index contributed by atoms with van der Waals surface area (Å²) in [6, 6.07) is 9.17. The Morgan fingerprint density at radius 1 is 1.14 bits per heavy atom. The Bertz CT molecular complexity index is 783. The molecule has 2 aromatic rings. The van der Waals surface area contributed by atoms with Gasteiger partial charge < -0.3 is 14.8 Å². The Morgan fingerprint density at radius 3 is 2.32 bits per heavy atom. The summed E-state index contributed by atoms with van der Waals surface area (Å²) in [4.78, 5) is 18.6. The third-order valence-corrected chi connectivity index (χ3v) is 6.18. The molecule has 0 saturated carbocycles. The maximum absolute atomic E-state index is 12.7. The molecule has 1 amide bonds. The normalized spacial score (nSPS) is 16.6. The second kappa shape index (κ2) is 9.60. The second-order valence-corrected chi connectivity index (χ2v) is 8.58. The van der Waals surface area contributed by atoms with Crippen molar-refractivity contribution >= 4 is 34.5 Å².